The van der Waals surface area contributed by atoms with Gasteiger partial charge in [-0.3, -0.25) is 0 Å². The normalized spacial score (nSPS) is 17.2. The number of hydrogen-bond donors (Lipinski definition) is 2. The Hall–Kier alpha value is -1.27. The molecule has 1 fully saturated rings. The van der Waals surface area contributed by atoms with Crippen molar-refractivity contribution in [2.24, 2.45) is 10.9 Å². The van der Waals surface area contributed by atoms with Gasteiger partial charge < -0.3 is 15.7 Å². The Bertz CT molecular complexity index is 419. The van der Waals surface area contributed by atoms with Crippen molar-refractivity contribution >= 4 is 17.6 Å². The Morgan fingerprint density at radius 2 is 2.38 bits per heavy atom. The fourth-order valence-electron chi connectivity index (χ4n) is 1.36. The van der Waals surface area contributed by atoms with Gasteiger partial charge in [0.25, 0.3) is 0 Å². The molecule has 2 heterocycles. The minimum absolute atomic E-state index is 0.109. The van der Waals surface area contributed by atoms with Crippen LogP contribution in [0.15, 0.2) is 22.3 Å². The van der Waals surface area contributed by atoms with Crippen molar-refractivity contribution in [1.29, 1.82) is 0 Å². The fraction of sp³-hybridized carbons (Fsp3) is 0.400. The first kappa shape index (κ1) is 11.2. The molecule has 16 heavy (non-hydrogen) atoms. The van der Waals surface area contributed by atoms with E-state index >= 15 is 0 Å². The maximum absolute atomic E-state index is 8.62. The number of oxime groups is 1. The zero-order valence-electron chi connectivity index (χ0n) is 8.88. The van der Waals surface area contributed by atoms with Crippen molar-refractivity contribution < 1.29 is 9.94 Å². The monoisotopic (exact) mass is 239 g/mol. The van der Waals surface area contributed by atoms with Crippen molar-refractivity contribution in [1.82, 2.24) is 4.98 Å². The van der Waals surface area contributed by atoms with Crippen LogP contribution < -0.4 is 5.73 Å². The average Bonchev–Trinajstić information content (AvgIpc) is 2.21. The molecule has 0 atom stereocenters. The largest absolute Gasteiger partial charge is 0.409 e. The topological polar surface area (TPSA) is 80.7 Å². The third-order valence-electron chi connectivity index (χ3n) is 2.23. The van der Waals surface area contributed by atoms with Gasteiger partial charge in [0, 0.05) is 11.3 Å². The summed E-state index contributed by atoms with van der Waals surface area (Å²) in [5, 5.41) is 13.0. The molecular formula is C10H13N3O2S. The summed E-state index contributed by atoms with van der Waals surface area (Å²) >= 11 is 1.66. The predicted octanol–water partition coefficient (Wildman–Crippen LogP) is 0.975. The third kappa shape index (κ3) is 2.45. The zero-order valence-corrected chi connectivity index (χ0v) is 9.70. The summed E-state index contributed by atoms with van der Waals surface area (Å²) in [5.74, 6) is 0.109. The van der Waals surface area contributed by atoms with E-state index in [9.17, 15) is 0 Å². The van der Waals surface area contributed by atoms with E-state index in [1.165, 1.54) is 0 Å². The first-order chi connectivity index (χ1) is 7.69. The van der Waals surface area contributed by atoms with E-state index in [0.717, 1.165) is 23.9 Å². The molecule has 0 unspecified atom stereocenters. The van der Waals surface area contributed by atoms with Crippen molar-refractivity contribution in [3.05, 3.63) is 23.4 Å². The van der Waals surface area contributed by atoms with Crippen LogP contribution in [0.25, 0.3) is 0 Å². The smallest absolute Gasteiger partial charge is 0.170 e. The standard InChI is InChI=1S/C10H13N3O2S/c1-6-2-7(10(11)13-14)3-9(12-6)16-8-4-15-5-8/h2-3,8,14H,4-5H2,1H3,(H2,11,13). The summed E-state index contributed by atoms with van der Waals surface area (Å²) in [5.41, 5.74) is 7.09. The molecule has 0 amide bonds. The molecule has 1 aromatic heterocycles. The molecule has 0 spiro atoms. The minimum Gasteiger partial charge on any atom is -0.409 e. The Morgan fingerprint density at radius 1 is 1.62 bits per heavy atom. The Balaban J connectivity index is 2.20. The van der Waals surface area contributed by atoms with Gasteiger partial charge in [-0.25, -0.2) is 4.98 Å². The number of nitrogens with two attached hydrogens (primary N) is 1. The molecule has 2 rings (SSSR count). The van der Waals surface area contributed by atoms with Crippen LogP contribution in [-0.2, 0) is 4.74 Å². The van der Waals surface area contributed by atoms with Crippen molar-refractivity contribution in [2.75, 3.05) is 13.2 Å². The predicted molar refractivity (Wildman–Crippen MR) is 61.9 cm³/mol. The van der Waals surface area contributed by atoms with Gasteiger partial charge >= 0.3 is 0 Å². The lowest BCUT2D eigenvalue weighted by molar-refractivity contribution is 0.0454. The number of amidine groups is 1. The molecule has 1 aliphatic rings. The molecule has 0 saturated carbocycles. The number of nitrogens with zero attached hydrogens (tertiary/aromatic N) is 2. The first-order valence-corrected chi connectivity index (χ1v) is 5.78. The summed E-state index contributed by atoms with van der Waals surface area (Å²) in [7, 11) is 0. The summed E-state index contributed by atoms with van der Waals surface area (Å²) in [6.07, 6.45) is 0. The average molecular weight is 239 g/mol. The summed E-state index contributed by atoms with van der Waals surface area (Å²) < 4.78 is 5.10. The van der Waals surface area contributed by atoms with Gasteiger partial charge in [0.2, 0.25) is 0 Å². The summed E-state index contributed by atoms with van der Waals surface area (Å²) in [6, 6.07) is 3.61. The van der Waals surface area contributed by atoms with E-state index in [2.05, 4.69) is 10.1 Å². The van der Waals surface area contributed by atoms with Crippen LogP contribution in [0.3, 0.4) is 0 Å². The van der Waals surface area contributed by atoms with Gasteiger partial charge in [-0.1, -0.05) is 16.9 Å². The van der Waals surface area contributed by atoms with Crippen molar-refractivity contribution in [3.63, 3.8) is 0 Å². The molecule has 0 bridgehead atoms. The van der Waals surface area contributed by atoms with E-state index < -0.39 is 0 Å². The summed E-state index contributed by atoms with van der Waals surface area (Å²) in [4.78, 5) is 4.39. The molecule has 3 N–H and O–H groups in total. The second kappa shape index (κ2) is 4.71. The van der Waals surface area contributed by atoms with Gasteiger partial charge in [0.1, 0.15) is 0 Å². The number of hydrogen-bond acceptors (Lipinski definition) is 5. The number of rotatable bonds is 3. The highest BCUT2D eigenvalue weighted by Crippen LogP contribution is 2.27. The van der Waals surface area contributed by atoms with Gasteiger partial charge in [-0.2, -0.15) is 0 Å². The molecule has 0 radical (unpaired) electrons. The second-order valence-electron chi connectivity index (χ2n) is 3.60. The number of ether oxygens (including phenoxy) is 1. The lowest BCUT2D eigenvalue weighted by atomic mass is 10.2. The molecule has 6 heteroatoms. The highest BCUT2D eigenvalue weighted by molar-refractivity contribution is 8.00. The minimum atomic E-state index is 0.109. The van der Waals surface area contributed by atoms with Crippen LogP contribution in [0.2, 0.25) is 0 Å². The molecule has 0 aromatic carbocycles. The van der Waals surface area contributed by atoms with E-state index in [-0.39, 0.29) is 5.84 Å². The number of aryl methyl sites for hydroxylation is 1. The Labute approximate surface area is 97.7 Å². The van der Waals surface area contributed by atoms with Crippen molar-refractivity contribution in [2.45, 2.75) is 17.2 Å². The molecule has 5 nitrogen and oxygen atoms in total. The lowest BCUT2D eigenvalue weighted by Crippen LogP contribution is -2.30. The Morgan fingerprint density at radius 3 is 2.94 bits per heavy atom. The van der Waals surface area contributed by atoms with Crippen LogP contribution in [-0.4, -0.2) is 34.5 Å². The Kier molecular flexibility index (Phi) is 3.31. The quantitative estimate of drug-likeness (QED) is 0.355. The van der Waals surface area contributed by atoms with Crippen molar-refractivity contribution in [3.8, 4) is 0 Å². The lowest BCUT2D eigenvalue weighted by Gasteiger charge is -2.24. The molecule has 1 saturated heterocycles. The highest BCUT2D eigenvalue weighted by atomic mass is 32.2. The summed E-state index contributed by atoms with van der Waals surface area (Å²) in [6.45, 7) is 3.41. The van der Waals surface area contributed by atoms with Crippen LogP contribution in [0, 0.1) is 6.92 Å². The number of pyridine rings is 1. The molecule has 1 aliphatic heterocycles. The third-order valence-corrected chi connectivity index (χ3v) is 3.28. The molecule has 0 aliphatic carbocycles. The maximum atomic E-state index is 8.62. The first-order valence-electron chi connectivity index (χ1n) is 4.90. The molecule has 1 aromatic rings. The van der Waals surface area contributed by atoms with Crippen LogP contribution in [0.1, 0.15) is 11.3 Å². The van der Waals surface area contributed by atoms with Gasteiger partial charge in [-0.05, 0) is 19.1 Å². The molecule has 86 valence electrons. The van der Waals surface area contributed by atoms with Crippen LogP contribution in [0.5, 0.6) is 0 Å². The highest BCUT2D eigenvalue weighted by Gasteiger charge is 2.20. The van der Waals surface area contributed by atoms with E-state index in [4.69, 9.17) is 15.7 Å². The van der Waals surface area contributed by atoms with Gasteiger partial charge in [-0.15, -0.1) is 0 Å². The van der Waals surface area contributed by atoms with Gasteiger partial charge in [0.05, 0.1) is 23.5 Å². The SMILES string of the molecule is Cc1cc(/C(N)=N/O)cc(SC2COC2)n1. The number of aromatic nitrogens is 1. The van der Waals surface area contributed by atoms with E-state index in [0.29, 0.717) is 10.8 Å². The zero-order chi connectivity index (χ0) is 11.5. The van der Waals surface area contributed by atoms with E-state index in [1.807, 2.05) is 13.0 Å². The van der Waals surface area contributed by atoms with E-state index in [1.54, 1.807) is 17.8 Å². The van der Waals surface area contributed by atoms with Crippen LogP contribution in [0.4, 0.5) is 0 Å². The fourth-order valence-corrected chi connectivity index (χ4v) is 2.42. The number of thioether (sulfide) groups is 1. The molecular weight excluding hydrogens is 226 g/mol. The second-order valence-corrected chi connectivity index (χ2v) is 4.92. The van der Waals surface area contributed by atoms with Crippen LogP contribution >= 0.6 is 11.8 Å². The maximum Gasteiger partial charge on any atom is 0.170 e. The van der Waals surface area contributed by atoms with Gasteiger partial charge in [0.15, 0.2) is 5.84 Å².